The van der Waals surface area contributed by atoms with Crippen molar-refractivity contribution in [3.63, 3.8) is 0 Å². The highest BCUT2D eigenvalue weighted by Gasteiger charge is 2.34. The molecule has 0 radical (unpaired) electrons. The Bertz CT molecular complexity index is 749. The highest BCUT2D eigenvalue weighted by Crippen LogP contribution is 2.22. The maximum atomic E-state index is 12.3. The molecule has 1 aromatic heterocycles. The zero-order chi connectivity index (χ0) is 17.6. The van der Waals surface area contributed by atoms with Gasteiger partial charge in [-0.2, -0.15) is 0 Å². The van der Waals surface area contributed by atoms with Gasteiger partial charge in [0.05, 0.1) is 13.0 Å². The molecule has 1 aliphatic heterocycles. The number of methoxy groups -OCH3 is 1. The lowest BCUT2D eigenvalue weighted by molar-refractivity contribution is -0.129. The van der Waals surface area contributed by atoms with Gasteiger partial charge in [0, 0.05) is 38.4 Å². The minimum atomic E-state index is -0.310. The van der Waals surface area contributed by atoms with Crippen molar-refractivity contribution in [2.75, 3.05) is 13.7 Å². The molecule has 2 aromatic rings. The summed E-state index contributed by atoms with van der Waals surface area (Å²) in [6, 6.07) is 11.4. The first-order valence-electron chi connectivity index (χ1n) is 8.23. The molecule has 1 saturated heterocycles. The molecule has 3 rings (SSSR count). The number of hydrogen-bond acceptors (Lipinski definition) is 4. The molecule has 0 aliphatic carbocycles. The molecule has 1 aromatic carbocycles. The fourth-order valence-corrected chi connectivity index (χ4v) is 2.93. The van der Waals surface area contributed by atoms with Crippen molar-refractivity contribution in [2.45, 2.75) is 19.5 Å². The van der Waals surface area contributed by atoms with E-state index in [0.717, 1.165) is 16.9 Å². The van der Waals surface area contributed by atoms with E-state index in [1.54, 1.807) is 24.4 Å². The van der Waals surface area contributed by atoms with E-state index < -0.39 is 0 Å². The predicted molar refractivity (Wildman–Crippen MR) is 92.6 cm³/mol. The molecule has 130 valence electrons. The Hall–Kier alpha value is -2.89. The van der Waals surface area contributed by atoms with Gasteiger partial charge >= 0.3 is 0 Å². The van der Waals surface area contributed by atoms with Crippen molar-refractivity contribution in [3.8, 4) is 5.75 Å². The Morgan fingerprint density at radius 2 is 2.16 bits per heavy atom. The zero-order valence-electron chi connectivity index (χ0n) is 14.1. The first-order chi connectivity index (χ1) is 12.2. The third-order valence-corrected chi connectivity index (χ3v) is 4.28. The van der Waals surface area contributed by atoms with Crippen LogP contribution >= 0.6 is 0 Å². The van der Waals surface area contributed by atoms with Crippen LogP contribution in [0.25, 0.3) is 0 Å². The lowest BCUT2D eigenvalue weighted by atomic mass is 10.1. The molecule has 1 N–H and O–H groups in total. The van der Waals surface area contributed by atoms with Crippen molar-refractivity contribution in [1.82, 2.24) is 15.2 Å². The van der Waals surface area contributed by atoms with Crippen LogP contribution in [-0.4, -0.2) is 35.4 Å². The van der Waals surface area contributed by atoms with E-state index in [0.29, 0.717) is 19.6 Å². The lowest BCUT2D eigenvalue weighted by Gasteiger charge is -2.17. The van der Waals surface area contributed by atoms with Crippen molar-refractivity contribution >= 4 is 11.8 Å². The maximum Gasteiger partial charge on any atom is 0.225 e. The van der Waals surface area contributed by atoms with Crippen molar-refractivity contribution in [1.29, 1.82) is 0 Å². The molecule has 0 saturated carbocycles. The van der Waals surface area contributed by atoms with Gasteiger partial charge in [-0.3, -0.25) is 14.6 Å². The summed E-state index contributed by atoms with van der Waals surface area (Å²) < 4.78 is 5.21. The van der Waals surface area contributed by atoms with Gasteiger partial charge < -0.3 is 15.0 Å². The largest absolute Gasteiger partial charge is 0.497 e. The quantitative estimate of drug-likeness (QED) is 0.870. The fraction of sp³-hybridized carbons (Fsp3) is 0.316. The minimum absolute atomic E-state index is 0.00403. The number of nitrogens with zero attached hydrogens (tertiary/aromatic N) is 2. The Morgan fingerprint density at radius 1 is 1.32 bits per heavy atom. The summed E-state index contributed by atoms with van der Waals surface area (Å²) in [5.41, 5.74) is 1.93. The third kappa shape index (κ3) is 4.35. The molecule has 6 nitrogen and oxygen atoms in total. The molecule has 1 aliphatic rings. The maximum absolute atomic E-state index is 12.3. The summed E-state index contributed by atoms with van der Waals surface area (Å²) in [4.78, 5) is 30.3. The van der Waals surface area contributed by atoms with E-state index in [9.17, 15) is 9.59 Å². The van der Waals surface area contributed by atoms with Crippen LogP contribution < -0.4 is 10.1 Å². The molecule has 25 heavy (non-hydrogen) atoms. The summed E-state index contributed by atoms with van der Waals surface area (Å²) >= 11 is 0. The number of pyridine rings is 1. The smallest absolute Gasteiger partial charge is 0.225 e. The summed E-state index contributed by atoms with van der Waals surface area (Å²) in [5.74, 6) is 0.361. The zero-order valence-corrected chi connectivity index (χ0v) is 14.1. The van der Waals surface area contributed by atoms with Gasteiger partial charge in [0.25, 0.3) is 0 Å². The van der Waals surface area contributed by atoms with Crippen LogP contribution in [0.4, 0.5) is 0 Å². The normalized spacial score (nSPS) is 16.8. The summed E-state index contributed by atoms with van der Waals surface area (Å²) in [6.45, 7) is 1.35. The van der Waals surface area contributed by atoms with Crippen LogP contribution in [0.15, 0.2) is 48.8 Å². The topological polar surface area (TPSA) is 71.5 Å². The number of nitrogens with one attached hydrogen (secondary N) is 1. The van der Waals surface area contributed by atoms with E-state index in [-0.39, 0.29) is 24.2 Å². The number of likely N-dealkylation sites (tertiary alicyclic amines) is 1. The Morgan fingerprint density at radius 3 is 2.92 bits per heavy atom. The molecular formula is C19H21N3O3. The van der Waals surface area contributed by atoms with E-state index in [1.807, 2.05) is 36.4 Å². The Kier molecular flexibility index (Phi) is 5.28. The monoisotopic (exact) mass is 339 g/mol. The lowest BCUT2D eigenvalue weighted by Crippen LogP contribution is -2.32. The number of carbonyl (C=O) groups excluding carboxylic acids is 2. The number of hydrogen-bond donors (Lipinski definition) is 1. The van der Waals surface area contributed by atoms with Gasteiger partial charge in [0.1, 0.15) is 5.75 Å². The summed E-state index contributed by atoms with van der Waals surface area (Å²) in [7, 11) is 1.61. The second-order valence-corrected chi connectivity index (χ2v) is 6.11. The van der Waals surface area contributed by atoms with Gasteiger partial charge in [-0.25, -0.2) is 0 Å². The Balaban J connectivity index is 1.55. The summed E-state index contributed by atoms with van der Waals surface area (Å²) in [5, 5.41) is 2.89. The predicted octanol–water partition coefficient (Wildman–Crippen LogP) is 1.76. The third-order valence-electron chi connectivity index (χ3n) is 4.28. The SMILES string of the molecule is COc1cccc(CN2C[C@H](C(=O)NCc3cccnc3)CC2=O)c1. The van der Waals surface area contributed by atoms with Crippen LogP contribution in [0.5, 0.6) is 5.75 Å². The minimum Gasteiger partial charge on any atom is -0.497 e. The van der Waals surface area contributed by atoms with E-state index in [2.05, 4.69) is 10.3 Å². The highest BCUT2D eigenvalue weighted by molar-refractivity contribution is 5.89. The number of benzene rings is 1. The van der Waals surface area contributed by atoms with Crippen LogP contribution in [-0.2, 0) is 22.7 Å². The van der Waals surface area contributed by atoms with E-state index >= 15 is 0 Å². The first-order valence-corrected chi connectivity index (χ1v) is 8.23. The molecule has 1 atom stereocenters. The van der Waals surface area contributed by atoms with Crippen LogP contribution in [0.1, 0.15) is 17.5 Å². The number of rotatable bonds is 6. The van der Waals surface area contributed by atoms with Crippen molar-refractivity contribution in [3.05, 3.63) is 59.9 Å². The van der Waals surface area contributed by atoms with E-state index in [1.165, 1.54) is 0 Å². The van der Waals surface area contributed by atoms with Gasteiger partial charge in [-0.1, -0.05) is 18.2 Å². The molecular weight excluding hydrogens is 318 g/mol. The van der Waals surface area contributed by atoms with Crippen LogP contribution in [0.3, 0.4) is 0 Å². The van der Waals surface area contributed by atoms with Crippen LogP contribution in [0, 0.1) is 5.92 Å². The first kappa shape index (κ1) is 17.0. The highest BCUT2D eigenvalue weighted by atomic mass is 16.5. The van der Waals surface area contributed by atoms with Crippen LogP contribution in [0.2, 0.25) is 0 Å². The van der Waals surface area contributed by atoms with Gasteiger partial charge in [-0.15, -0.1) is 0 Å². The van der Waals surface area contributed by atoms with Crippen molar-refractivity contribution in [2.24, 2.45) is 5.92 Å². The molecule has 0 spiro atoms. The number of carbonyl (C=O) groups is 2. The average molecular weight is 339 g/mol. The van der Waals surface area contributed by atoms with E-state index in [4.69, 9.17) is 4.74 Å². The molecule has 0 bridgehead atoms. The standard InChI is InChI=1S/C19H21N3O3/c1-25-17-6-2-4-14(8-17)12-22-13-16(9-18(22)23)19(24)21-11-15-5-3-7-20-10-15/h2-8,10,16H,9,11-13H2,1H3,(H,21,24)/t16-/m1/s1. The van der Waals surface area contributed by atoms with Gasteiger partial charge in [0.15, 0.2) is 0 Å². The molecule has 0 unspecified atom stereocenters. The fourth-order valence-electron chi connectivity index (χ4n) is 2.93. The molecule has 2 amide bonds. The van der Waals surface area contributed by atoms with Crippen molar-refractivity contribution < 1.29 is 14.3 Å². The molecule has 2 heterocycles. The number of aromatic nitrogens is 1. The molecule has 1 fully saturated rings. The number of amides is 2. The second-order valence-electron chi connectivity index (χ2n) is 6.11. The van der Waals surface area contributed by atoms with Gasteiger partial charge in [0.2, 0.25) is 11.8 Å². The Labute approximate surface area is 146 Å². The summed E-state index contributed by atoms with van der Waals surface area (Å²) in [6.07, 6.45) is 3.66. The average Bonchev–Trinajstić information content (AvgIpc) is 3.01. The van der Waals surface area contributed by atoms with Gasteiger partial charge in [-0.05, 0) is 29.3 Å². The molecule has 6 heteroatoms. The second kappa shape index (κ2) is 7.79. The number of ether oxygens (including phenoxy) is 1.